The Hall–Kier alpha value is -2.92. The van der Waals surface area contributed by atoms with Crippen LogP contribution >= 0.6 is 0 Å². The summed E-state index contributed by atoms with van der Waals surface area (Å²) < 4.78 is 13.1. The van der Waals surface area contributed by atoms with E-state index in [0.29, 0.717) is 5.75 Å². The average Bonchev–Trinajstić information content (AvgIpc) is 2.70. The standard InChI is InChI=1S/C22H22FN3O/c23-20-7-5-18(6-8-20)19-13-17(14-24-15-19)16-25-9-11-26(12-10-25)21-3-1-2-4-22(21)27/h1-8,13-15,27H,9-12,16H2. The van der Waals surface area contributed by atoms with Gasteiger partial charge in [-0.15, -0.1) is 0 Å². The molecular weight excluding hydrogens is 341 g/mol. The zero-order valence-corrected chi connectivity index (χ0v) is 15.1. The fourth-order valence-electron chi connectivity index (χ4n) is 3.51. The Balaban J connectivity index is 1.40. The summed E-state index contributed by atoms with van der Waals surface area (Å²) in [7, 11) is 0. The summed E-state index contributed by atoms with van der Waals surface area (Å²) in [5, 5.41) is 10.0. The van der Waals surface area contributed by atoms with Gasteiger partial charge in [-0.2, -0.15) is 0 Å². The molecule has 1 aliphatic rings. The lowest BCUT2D eigenvalue weighted by Crippen LogP contribution is -2.46. The number of anilines is 1. The predicted octanol–water partition coefficient (Wildman–Crippen LogP) is 3.92. The number of aromatic nitrogens is 1. The van der Waals surface area contributed by atoms with Gasteiger partial charge in [0.05, 0.1) is 5.69 Å². The zero-order valence-electron chi connectivity index (χ0n) is 15.1. The molecule has 4 rings (SSSR count). The van der Waals surface area contributed by atoms with Crippen molar-refractivity contribution in [1.29, 1.82) is 0 Å². The molecule has 1 fully saturated rings. The third kappa shape index (κ3) is 4.09. The smallest absolute Gasteiger partial charge is 0.138 e. The van der Waals surface area contributed by atoms with Crippen LogP contribution in [0.5, 0.6) is 5.75 Å². The van der Waals surface area contributed by atoms with E-state index in [1.54, 1.807) is 18.2 Å². The Labute approximate surface area is 158 Å². The van der Waals surface area contributed by atoms with E-state index in [0.717, 1.165) is 55.1 Å². The van der Waals surface area contributed by atoms with Crippen molar-refractivity contribution in [1.82, 2.24) is 9.88 Å². The van der Waals surface area contributed by atoms with Gasteiger partial charge in [-0.1, -0.05) is 24.3 Å². The molecule has 3 aromatic rings. The van der Waals surface area contributed by atoms with Gasteiger partial charge in [-0.25, -0.2) is 4.39 Å². The Morgan fingerprint density at radius 2 is 1.63 bits per heavy atom. The number of piperazine rings is 1. The van der Waals surface area contributed by atoms with E-state index in [1.807, 2.05) is 30.6 Å². The highest BCUT2D eigenvalue weighted by molar-refractivity contribution is 5.63. The van der Waals surface area contributed by atoms with Crippen molar-refractivity contribution in [3.05, 3.63) is 78.4 Å². The van der Waals surface area contributed by atoms with Gasteiger partial charge in [0.2, 0.25) is 0 Å². The highest BCUT2D eigenvalue weighted by Gasteiger charge is 2.19. The van der Waals surface area contributed by atoms with Crippen molar-refractivity contribution in [2.45, 2.75) is 6.54 Å². The number of aromatic hydroxyl groups is 1. The number of halogens is 1. The largest absolute Gasteiger partial charge is 0.506 e. The minimum absolute atomic E-state index is 0.231. The number of benzene rings is 2. The van der Waals surface area contributed by atoms with Crippen LogP contribution in [0.15, 0.2) is 67.0 Å². The average molecular weight is 363 g/mol. The predicted molar refractivity (Wildman–Crippen MR) is 105 cm³/mol. The van der Waals surface area contributed by atoms with Crippen LogP contribution in [0.1, 0.15) is 5.56 Å². The molecule has 0 atom stereocenters. The van der Waals surface area contributed by atoms with Crippen molar-refractivity contribution in [2.24, 2.45) is 0 Å². The van der Waals surface area contributed by atoms with Crippen molar-refractivity contribution in [3.63, 3.8) is 0 Å². The van der Waals surface area contributed by atoms with Crippen molar-refractivity contribution in [2.75, 3.05) is 31.1 Å². The molecule has 1 N–H and O–H groups in total. The molecule has 1 aliphatic heterocycles. The van der Waals surface area contributed by atoms with Crippen molar-refractivity contribution < 1.29 is 9.50 Å². The van der Waals surface area contributed by atoms with E-state index in [4.69, 9.17) is 0 Å². The van der Waals surface area contributed by atoms with Crippen LogP contribution < -0.4 is 4.90 Å². The lowest BCUT2D eigenvalue weighted by molar-refractivity contribution is 0.249. The van der Waals surface area contributed by atoms with Crippen molar-refractivity contribution >= 4 is 5.69 Å². The Morgan fingerprint density at radius 3 is 2.37 bits per heavy atom. The number of phenolic OH excluding ortho intramolecular Hbond substituents is 1. The van der Waals surface area contributed by atoms with Gasteiger partial charge in [-0.05, 0) is 41.5 Å². The molecule has 0 amide bonds. The number of pyridine rings is 1. The first-order valence-electron chi connectivity index (χ1n) is 9.14. The second-order valence-corrected chi connectivity index (χ2v) is 6.84. The van der Waals surface area contributed by atoms with Gasteiger partial charge in [0, 0.05) is 50.7 Å². The summed E-state index contributed by atoms with van der Waals surface area (Å²) in [6, 6.07) is 16.1. The number of phenols is 1. The number of para-hydroxylation sites is 2. The second kappa shape index (κ2) is 7.76. The summed E-state index contributed by atoms with van der Waals surface area (Å²) in [5.41, 5.74) is 4.01. The summed E-state index contributed by atoms with van der Waals surface area (Å²) in [6.07, 6.45) is 3.70. The molecule has 0 bridgehead atoms. The zero-order chi connectivity index (χ0) is 18.6. The maximum absolute atomic E-state index is 13.1. The number of hydrogen-bond donors (Lipinski definition) is 1. The van der Waals surface area contributed by atoms with Crippen LogP contribution in [0.25, 0.3) is 11.1 Å². The molecule has 0 unspecified atom stereocenters. The Morgan fingerprint density at radius 1 is 0.889 bits per heavy atom. The molecule has 2 aromatic carbocycles. The number of rotatable bonds is 4. The van der Waals surface area contributed by atoms with Gasteiger partial charge >= 0.3 is 0 Å². The maximum Gasteiger partial charge on any atom is 0.138 e. The third-order valence-corrected chi connectivity index (χ3v) is 4.97. The quantitative estimate of drug-likeness (QED) is 0.763. The molecule has 5 heteroatoms. The van der Waals surface area contributed by atoms with Crippen molar-refractivity contribution in [3.8, 4) is 16.9 Å². The molecular formula is C22H22FN3O. The first-order valence-corrected chi connectivity index (χ1v) is 9.14. The third-order valence-electron chi connectivity index (χ3n) is 4.97. The van der Waals surface area contributed by atoms with E-state index in [2.05, 4.69) is 20.9 Å². The van der Waals surface area contributed by atoms with E-state index >= 15 is 0 Å². The molecule has 0 spiro atoms. The number of nitrogens with zero attached hydrogens (tertiary/aromatic N) is 3. The van der Waals surface area contributed by atoms with Crippen LogP contribution in [0.3, 0.4) is 0 Å². The van der Waals surface area contributed by atoms with Crippen LogP contribution in [-0.2, 0) is 6.54 Å². The molecule has 27 heavy (non-hydrogen) atoms. The fraction of sp³-hybridized carbons (Fsp3) is 0.227. The Bertz CT molecular complexity index is 905. The summed E-state index contributed by atoms with van der Waals surface area (Å²) in [5.74, 6) is 0.104. The minimum atomic E-state index is -0.231. The fourth-order valence-corrected chi connectivity index (χ4v) is 3.51. The lowest BCUT2D eigenvalue weighted by Gasteiger charge is -2.36. The minimum Gasteiger partial charge on any atom is -0.506 e. The maximum atomic E-state index is 13.1. The first kappa shape index (κ1) is 17.5. The first-order chi connectivity index (χ1) is 13.2. The Kier molecular flexibility index (Phi) is 5.03. The number of hydrogen-bond acceptors (Lipinski definition) is 4. The molecule has 0 saturated carbocycles. The normalized spacial score (nSPS) is 15.1. The molecule has 1 aromatic heterocycles. The van der Waals surface area contributed by atoms with Gasteiger partial charge in [0.15, 0.2) is 0 Å². The molecule has 1 saturated heterocycles. The lowest BCUT2D eigenvalue weighted by atomic mass is 10.1. The van der Waals surface area contributed by atoms with Crippen LogP contribution in [-0.4, -0.2) is 41.2 Å². The van der Waals surface area contributed by atoms with Gasteiger partial charge in [-0.3, -0.25) is 9.88 Å². The van der Waals surface area contributed by atoms with E-state index < -0.39 is 0 Å². The monoisotopic (exact) mass is 363 g/mol. The van der Waals surface area contributed by atoms with Crippen LogP contribution in [0, 0.1) is 5.82 Å². The summed E-state index contributed by atoms with van der Waals surface area (Å²) in [4.78, 5) is 8.97. The highest BCUT2D eigenvalue weighted by atomic mass is 19.1. The molecule has 2 heterocycles. The van der Waals surface area contributed by atoms with Gasteiger partial charge < -0.3 is 10.0 Å². The molecule has 4 nitrogen and oxygen atoms in total. The topological polar surface area (TPSA) is 39.6 Å². The van der Waals surface area contributed by atoms with E-state index in [1.165, 1.54) is 12.1 Å². The highest BCUT2D eigenvalue weighted by Crippen LogP contribution is 2.27. The molecule has 0 aliphatic carbocycles. The van der Waals surface area contributed by atoms with Gasteiger partial charge in [0.25, 0.3) is 0 Å². The SMILES string of the molecule is Oc1ccccc1N1CCN(Cc2cncc(-c3ccc(F)cc3)c2)CC1. The van der Waals surface area contributed by atoms with Crippen LogP contribution in [0.4, 0.5) is 10.1 Å². The molecule has 138 valence electrons. The summed E-state index contributed by atoms with van der Waals surface area (Å²) >= 11 is 0. The van der Waals surface area contributed by atoms with E-state index in [9.17, 15) is 9.50 Å². The van der Waals surface area contributed by atoms with E-state index in [-0.39, 0.29) is 5.82 Å². The second-order valence-electron chi connectivity index (χ2n) is 6.84. The van der Waals surface area contributed by atoms with Gasteiger partial charge in [0.1, 0.15) is 11.6 Å². The summed E-state index contributed by atoms with van der Waals surface area (Å²) in [6.45, 7) is 4.44. The molecule has 0 radical (unpaired) electrons. The van der Waals surface area contributed by atoms with Crippen LogP contribution in [0.2, 0.25) is 0 Å².